The molecule has 0 bridgehead atoms. The van der Waals surface area contributed by atoms with Gasteiger partial charge in [0.1, 0.15) is 0 Å². The Morgan fingerprint density at radius 1 is 0.711 bits per heavy atom. The van der Waals surface area contributed by atoms with Crippen molar-refractivity contribution in [1.29, 1.82) is 0 Å². The fourth-order valence-corrected chi connectivity index (χ4v) is 6.42. The Labute approximate surface area is 218 Å². The second-order valence-electron chi connectivity index (χ2n) is 10.3. The van der Waals surface area contributed by atoms with Crippen molar-refractivity contribution in [3.05, 3.63) is 113 Å². The highest BCUT2D eigenvalue weighted by Gasteiger charge is 2.74. The van der Waals surface area contributed by atoms with Gasteiger partial charge in [-0.05, 0) is 53.4 Å². The first-order chi connectivity index (χ1) is 18.3. The number of fused-ring (bicyclic) bond motifs is 4. The Bertz CT molecular complexity index is 1700. The number of imide groups is 1. The molecule has 0 radical (unpaired) electrons. The summed E-state index contributed by atoms with van der Waals surface area (Å²) in [5.74, 6) is -4.46. The van der Waals surface area contributed by atoms with E-state index in [1.807, 2.05) is 62.4 Å². The number of aryl methyl sites for hydroxylation is 2. The van der Waals surface area contributed by atoms with Crippen LogP contribution in [0.2, 0.25) is 0 Å². The van der Waals surface area contributed by atoms with Gasteiger partial charge in [0.05, 0.1) is 23.6 Å². The molecule has 3 atom stereocenters. The zero-order valence-corrected chi connectivity index (χ0v) is 20.8. The number of rotatable bonds is 2. The summed E-state index contributed by atoms with van der Waals surface area (Å²) in [5, 5.41) is 1.78. The van der Waals surface area contributed by atoms with Crippen molar-refractivity contribution in [1.82, 2.24) is 0 Å². The van der Waals surface area contributed by atoms with Gasteiger partial charge in [-0.1, -0.05) is 72.8 Å². The van der Waals surface area contributed by atoms with Crippen molar-refractivity contribution in [3.63, 3.8) is 0 Å². The first kappa shape index (κ1) is 22.8. The van der Waals surface area contributed by atoms with Crippen LogP contribution < -0.4 is 4.90 Å². The lowest BCUT2D eigenvalue weighted by Gasteiger charge is -2.27. The first-order valence-electron chi connectivity index (χ1n) is 12.6. The Hall–Kier alpha value is -4.42. The Morgan fingerprint density at radius 3 is 2.08 bits per heavy atom. The summed E-state index contributed by atoms with van der Waals surface area (Å²) >= 11 is 0. The van der Waals surface area contributed by atoms with Gasteiger partial charge in [0.2, 0.25) is 29.0 Å². The van der Waals surface area contributed by atoms with Crippen molar-refractivity contribution >= 4 is 39.8 Å². The molecule has 2 heterocycles. The number of hydrogen-bond acceptors (Lipinski definition) is 5. The lowest BCUT2D eigenvalue weighted by atomic mass is 9.77. The Morgan fingerprint density at radius 2 is 1.37 bits per heavy atom. The zero-order valence-electron chi connectivity index (χ0n) is 20.8. The topological polar surface area (TPSA) is 80.8 Å². The van der Waals surface area contributed by atoms with Crippen LogP contribution in [0.15, 0.2) is 84.9 Å². The molecule has 2 aliphatic heterocycles. The summed E-state index contributed by atoms with van der Waals surface area (Å²) in [7, 11) is 0. The lowest BCUT2D eigenvalue weighted by Crippen LogP contribution is -2.51. The van der Waals surface area contributed by atoms with Crippen molar-refractivity contribution in [2.75, 3.05) is 4.90 Å². The molecule has 1 spiro atoms. The van der Waals surface area contributed by atoms with Gasteiger partial charge in [-0.15, -0.1) is 0 Å². The molecule has 2 amide bonds. The van der Waals surface area contributed by atoms with E-state index in [1.54, 1.807) is 36.4 Å². The number of ketones is 2. The molecule has 38 heavy (non-hydrogen) atoms. The molecule has 0 saturated carbocycles. The molecule has 7 rings (SSSR count). The molecule has 6 nitrogen and oxygen atoms in total. The fraction of sp³-hybridized carbons (Fsp3) is 0.188. The van der Waals surface area contributed by atoms with Crippen LogP contribution in [0.25, 0.3) is 10.8 Å². The van der Waals surface area contributed by atoms with E-state index in [1.165, 1.54) is 0 Å². The highest BCUT2D eigenvalue weighted by Crippen LogP contribution is 2.58. The minimum absolute atomic E-state index is 0.222. The summed E-state index contributed by atoms with van der Waals surface area (Å²) in [6.07, 6.45) is -0.957. The molecule has 4 aromatic carbocycles. The minimum atomic E-state index is -2.09. The van der Waals surface area contributed by atoms with Gasteiger partial charge in [-0.25, -0.2) is 4.90 Å². The van der Waals surface area contributed by atoms with Gasteiger partial charge >= 0.3 is 0 Å². The van der Waals surface area contributed by atoms with E-state index in [0.717, 1.165) is 26.8 Å². The number of hydrogen-bond donors (Lipinski definition) is 0. The second-order valence-corrected chi connectivity index (χ2v) is 10.3. The van der Waals surface area contributed by atoms with Gasteiger partial charge in [-0.3, -0.25) is 19.2 Å². The molecule has 4 aromatic rings. The van der Waals surface area contributed by atoms with Crippen molar-refractivity contribution in [3.8, 4) is 0 Å². The quantitative estimate of drug-likeness (QED) is 0.280. The molecular weight excluding hydrogens is 478 g/mol. The highest BCUT2D eigenvalue weighted by atomic mass is 16.5. The number of benzene rings is 4. The molecule has 2 saturated heterocycles. The summed E-state index contributed by atoms with van der Waals surface area (Å²) in [6.45, 7) is 3.86. The van der Waals surface area contributed by atoms with E-state index < -0.39 is 46.9 Å². The number of nitrogens with zero attached hydrogens (tertiary/aromatic N) is 1. The van der Waals surface area contributed by atoms with Gasteiger partial charge in [-0.2, -0.15) is 0 Å². The van der Waals surface area contributed by atoms with Gasteiger partial charge in [0.25, 0.3) is 0 Å². The number of carbonyl (C=O) groups is 4. The van der Waals surface area contributed by atoms with E-state index in [4.69, 9.17) is 4.74 Å². The molecule has 2 fully saturated rings. The fourth-order valence-electron chi connectivity index (χ4n) is 6.42. The molecule has 0 unspecified atom stereocenters. The van der Waals surface area contributed by atoms with Crippen LogP contribution in [0, 0.1) is 25.7 Å². The molecule has 0 aromatic heterocycles. The molecule has 6 heteroatoms. The number of Topliss-reactive ketones (excluding diaryl/α,β-unsaturated/α-hetero) is 2. The first-order valence-corrected chi connectivity index (χ1v) is 12.6. The monoisotopic (exact) mass is 501 g/mol. The van der Waals surface area contributed by atoms with Gasteiger partial charge in [0, 0.05) is 11.1 Å². The third-order valence-corrected chi connectivity index (χ3v) is 8.40. The highest BCUT2D eigenvalue weighted by molar-refractivity contribution is 6.37. The van der Waals surface area contributed by atoms with E-state index in [2.05, 4.69) is 0 Å². The largest absolute Gasteiger partial charge is 0.349 e. The average Bonchev–Trinajstić information content (AvgIpc) is 3.50. The van der Waals surface area contributed by atoms with Crippen LogP contribution >= 0.6 is 0 Å². The number of ether oxygens (including phenoxy) is 1. The molecule has 3 aliphatic rings. The maximum Gasteiger partial charge on any atom is 0.241 e. The standard InChI is InChI=1S/C32H23NO5/c1-17-14-15-20(16-18(17)2)33-30(36)25-26(31(33)37)32(28(34)23-11-5-6-12-24(23)29(32)35)38-27(25)22-13-7-9-19-8-3-4-10-21(19)22/h3-16,25-27H,1-2H3/t25-,26+,27-/m0/s1. The van der Waals surface area contributed by atoms with E-state index in [-0.39, 0.29) is 11.1 Å². The average molecular weight is 502 g/mol. The third-order valence-electron chi connectivity index (χ3n) is 8.40. The summed E-state index contributed by atoms with van der Waals surface area (Å²) in [6, 6.07) is 25.2. The Kier molecular flexibility index (Phi) is 4.66. The predicted molar refractivity (Wildman–Crippen MR) is 141 cm³/mol. The summed E-state index contributed by atoms with van der Waals surface area (Å²) < 4.78 is 6.48. The van der Waals surface area contributed by atoms with Crippen molar-refractivity contribution in [2.24, 2.45) is 11.8 Å². The van der Waals surface area contributed by atoms with E-state index in [0.29, 0.717) is 11.3 Å². The normalized spacial score (nSPS) is 23.5. The summed E-state index contributed by atoms with van der Waals surface area (Å²) in [5.41, 5.74) is 1.42. The number of anilines is 1. The van der Waals surface area contributed by atoms with E-state index >= 15 is 0 Å². The molecule has 186 valence electrons. The van der Waals surface area contributed by atoms with E-state index in [9.17, 15) is 19.2 Å². The predicted octanol–water partition coefficient (Wildman–Crippen LogP) is 5.15. The number of carbonyl (C=O) groups excluding carboxylic acids is 4. The van der Waals surface area contributed by atoms with Crippen molar-refractivity contribution < 1.29 is 23.9 Å². The third kappa shape index (κ3) is 2.75. The second kappa shape index (κ2) is 7.79. The Balaban J connectivity index is 1.46. The van der Waals surface area contributed by atoms with Crippen LogP contribution in [0.1, 0.15) is 43.5 Å². The lowest BCUT2D eigenvalue weighted by molar-refractivity contribution is -0.127. The van der Waals surface area contributed by atoms with Crippen molar-refractivity contribution in [2.45, 2.75) is 25.6 Å². The smallest absolute Gasteiger partial charge is 0.241 e. The minimum Gasteiger partial charge on any atom is -0.349 e. The number of amides is 2. The molecule has 1 aliphatic carbocycles. The zero-order chi connectivity index (χ0) is 26.3. The van der Waals surface area contributed by atoms with Crippen LogP contribution in [-0.2, 0) is 14.3 Å². The molecular formula is C32H23NO5. The van der Waals surface area contributed by atoms with Gasteiger partial charge in [0.15, 0.2) is 0 Å². The maximum absolute atomic E-state index is 14.2. The maximum atomic E-state index is 14.2. The molecule has 0 N–H and O–H groups in total. The van der Waals surface area contributed by atoms with Gasteiger partial charge < -0.3 is 4.74 Å². The van der Waals surface area contributed by atoms with Crippen LogP contribution in [-0.4, -0.2) is 29.0 Å². The SMILES string of the molecule is Cc1ccc(N2C(=O)[C@@H]3[C@H](c4cccc5ccccc45)OC4(C(=O)c5ccccc5C4=O)[C@H]3C2=O)cc1C. The summed E-state index contributed by atoms with van der Waals surface area (Å²) in [4.78, 5) is 57.4. The van der Waals surface area contributed by atoms with Crippen LogP contribution in [0.5, 0.6) is 0 Å². The van der Waals surface area contributed by atoms with Crippen LogP contribution in [0.4, 0.5) is 5.69 Å². The van der Waals surface area contributed by atoms with Crippen LogP contribution in [0.3, 0.4) is 0 Å².